The van der Waals surface area contributed by atoms with Crippen LogP contribution in [0.15, 0.2) is 9.27 Å². The van der Waals surface area contributed by atoms with Gasteiger partial charge in [-0.05, 0) is 22.9 Å². The Kier molecular flexibility index (Phi) is 3.62. The fourth-order valence-corrected chi connectivity index (χ4v) is 1.13. The minimum absolute atomic E-state index is 0.140. The Hall–Kier alpha value is -0.680. The Morgan fingerprint density at radius 3 is 2.85 bits per heavy atom. The first-order valence-corrected chi connectivity index (χ1v) is 4.68. The summed E-state index contributed by atoms with van der Waals surface area (Å²) in [6, 6.07) is 0. The van der Waals surface area contributed by atoms with Gasteiger partial charge < -0.3 is 9.72 Å². The van der Waals surface area contributed by atoms with Crippen molar-refractivity contribution in [3.8, 4) is 0 Å². The van der Waals surface area contributed by atoms with E-state index < -0.39 is 0 Å². The average molecular weight is 247 g/mol. The number of halogens is 1. The number of aromatic amines is 1. The molecule has 0 spiro atoms. The van der Waals surface area contributed by atoms with E-state index in [1.54, 1.807) is 14.0 Å². The summed E-state index contributed by atoms with van der Waals surface area (Å²) in [5.41, 5.74) is 0.563. The van der Waals surface area contributed by atoms with Gasteiger partial charge >= 0.3 is 0 Å². The molecule has 72 valence electrons. The van der Waals surface area contributed by atoms with E-state index in [9.17, 15) is 4.79 Å². The first kappa shape index (κ1) is 10.4. The van der Waals surface area contributed by atoms with Crippen molar-refractivity contribution in [3.05, 3.63) is 26.3 Å². The third-order valence-corrected chi connectivity index (χ3v) is 2.55. The quantitative estimate of drug-likeness (QED) is 0.867. The molecule has 0 fully saturated rings. The number of nitrogens with one attached hydrogen (secondary N) is 1. The Balaban J connectivity index is 2.93. The van der Waals surface area contributed by atoms with Gasteiger partial charge in [0.15, 0.2) is 0 Å². The fraction of sp³-hybridized carbons (Fsp3) is 0.500. The second-order valence-electron chi connectivity index (χ2n) is 2.65. The first-order chi connectivity index (χ1) is 6.15. The van der Waals surface area contributed by atoms with Gasteiger partial charge in [-0.3, -0.25) is 4.79 Å². The molecule has 5 heteroatoms. The van der Waals surface area contributed by atoms with E-state index in [1.165, 1.54) is 0 Å². The Labute approximate surface area is 84.5 Å². The van der Waals surface area contributed by atoms with Crippen molar-refractivity contribution in [1.82, 2.24) is 9.97 Å². The van der Waals surface area contributed by atoms with E-state index in [0.29, 0.717) is 29.0 Å². The Morgan fingerprint density at radius 2 is 2.31 bits per heavy atom. The molecule has 13 heavy (non-hydrogen) atoms. The monoisotopic (exact) mass is 246 g/mol. The van der Waals surface area contributed by atoms with Crippen LogP contribution in [0.2, 0.25) is 0 Å². The molecule has 0 bridgehead atoms. The smallest absolute Gasteiger partial charge is 0.265 e. The summed E-state index contributed by atoms with van der Waals surface area (Å²) >= 11 is 3.14. The van der Waals surface area contributed by atoms with Gasteiger partial charge in [-0.25, -0.2) is 4.98 Å². The van der Waals surface area contributed by atoms with Crippen molar-refractivity contribution in [2.45, 2.75) is 13.3 Å². The first-order valence-electron chi connectivity index (χ1n) is 3.89. The van der Waals surface area contributed by atoms with Crippen molar-refractivity contribution in [1.29, 1.82) is 0 Å². The topological polar surface area (TPSA) is 55.0 Å². The van der Waals surface area contributed by atoms with Crippen LogP contribution in [0.1, 0.15) is 11.5 Å². The number of nitrogens with zero attached hydrogens (tertiary/aromatic N) is 1. The number of ether oxygens (including phenoxy) is 1. The molecule has 0 aliphatic heterocycles. The van der Waals surface area contributed by atoms with Gasteiger partial charge in [0.2, 0.25) is 0 Å². The zero-order chi connectivity index (χ0) is 9.84. The standard InChI is InChI=1S/C8H11BrN2O2/c1-5-7(9)8(12)11-6(10-5)3-4-13-2/h3-4H2,1-2H3,(H,10,11,12). The van der Waals surface area contributed by atoms with Crippen molar-refractivity contribution >= 4 is 15.9 Å². The maximum absolute atomic E-state index is 11.2. The van der Waals surface area contributed by atoms with Gasteiger partial charge in [0, 0.05) is 13.5 Å². The summed E-state index contributed by atoms with van der Waals surface area (Å²) in [4.78, 5) is 18.1. The number of methoxy groups -OCH3 is 1. The lowest BCUT2D eigenvalue weighted by atomic mass is 10.4. The highest BCUT2D eigenvalue weighted by molar-refractivity contribution is 9.10. The molecule has 0 aliphatic carbocycles. The predicted molar refractivity (Wildman–Crippen MR) is 52.9 cm³/mol. The van der Waals surface area contributed by atoms with Crippen LogP contribution in [0.3, 0.4) is 0 Å². The van der Waals surface area contributed by atoms with Crippen molar-refractivity contribution in [2.75, 3.05) is 13.7 Å². The normalized spacial score (nSPS) is 10.4. The van der Waals surface area contributed by atoms with Gasteiger partial charge in [0.1, 0.15) is 10.3 Å². The summed E-state index contributed by atoms with van der Waals surface area (Å²) < 4.78 is 5.38. The second-order valence-corrected chi connectivity index (χ2v) is 3.45. The fourth-order valence-electron chi connectivity index (χ4n) is 0.947. The van der Waals surface area contributed by atoms with E-state index in [0.717, 1.165) is 0 Å². The van der Waals surface area contributed by atoms with Crippen molar-refractivity contribution in [3.63, 3.8) is 0 Å². The van der Waals surface area contributed by atoms with Crippen LogP contribution < -0.4 is 5.56 Å². The molecule has 1 N–H and O–H groups in total. The van der Waals surface area contributed by atoms with E-state index in [2.05, 4.69) is 25.9 Å². The number of H-pyrrole nitrogens is 1. The van der Waals surface area contributed by atoms with Crippen molar-refractivity contribution < 1.29 is 4.74 Å². The van der Waals surface area contributed by atoms with Crippen LogP contribution in [0.25, 0.3) is 0 Å². The highest BCUT2D eigenvalue weighted by Gasteiger charge is 2.03. The molecule has 0 saturated heterocycles. The number of aryl methyl sites for hydroxylation is 1. The minimum atomic E-state index is -0.140. The van der Waals surface area contributed by atoms with Gasteiger partial charge in [-0.1, -0.05) is 0 Å². The molecule has 0 unspecified atom stereocenters. The van der Waals surface area contributed by atoms with E-state index >= 15 is 0 Å². The van der Waals surface area contributed by atoms with E-state index in [-0.39, 0.29) is 5.56 Å². The summed E-state index contributed by atoms with van der Waals surface area (Å²) in [5, 5.41) is 0. The highest BCUT2D eigenvalue weighted by Crippen LogP contribution is 2.06. The van der Waals surface area contributed by atoms with Crippen molar-refractivity contribution in [2.24, 2.45) is 0 Å². The molecule has 1 heterocycles. The van der Waals surface area contributed by atoms with Crippen LogP contribution in [0, 0.1) is 6.92 Å². The maximum Gasteiger partial charge on any atom is 0.265 e. The summed E-state index contributed by atoms with van der Waals surface area (Å²) in [5.74, 6) is 0.660. The van der Waals surface area contributed by atoms with E-state index in [1.807, 2.05) is 0 Å². The Bertz CT molecular complexity index is 348. The molecule has 0 radical (unpaired) electrons. The number of rotatable bonds is 3. The number of hydrogen-bond acceptors (Lipinski definition) is 3. The molecular weight excluding hydrogens is 236 g/mol. The van der Waals surface area contributed by atoms with Gasteiger partial charge in [0.25, 0.3) is 5.56 Å². The van der Waals surface area contributed by atoms with Crippen LogP contribution >= 0.6 is 15.9 Å². The minimum Gasteiger partial charge on any atom is -0.384 e. The molecule has 0 aromatic carbocycles. The summed E-state index contributed by atoms with van der Waals surface area (Å²) in [7, 11) is 1.61. The van der Waals surface area contributed by atoms with Gasteiger partial charge in [0.05, 0.1) is 12.3 Å². The molecule has 4 nitrogen and oxygen atoms in total. The maximum atomic E-state index is 11.2. The molecule has 1 aromatic heterocycles. The third-order valence-electron chi connectivity index (χ3n) is 1.62. The summed E-state index contributed by atoms with van der Waals surface area (Å²) in [6.07, 6.45) is 0.625. The molecule has 0 aliphatic rings. The lowest BCUT2D eigenvalue weighted by Crippen LogP contribution is -2.15. The molecular formula is C8H11BrN2O2. The Morgan fingerprint density at radius 1 is 1.62 bits per heavy atom. The molecule has 0 atom stereocenters. The van der Waals surface area contributed by atoms with E-state index in [4.69, 9.17) is 4.74 Å². The second kappa shape index (κ2) is 4.53. The molecule has 0 amide bonds. The van der Waals surface area contributed by atoms with Gasteiger partial charge in [-0.2, -0.15) is 0 Å². The van der Waals surface area contributed by atoms with Crippen LogP contribution in [0.4, 0.5) is 0 Å². The lowest BCUT2D eigenvalue weighted by Gasteiger charge is -2.01. The molecule has 1 aromatic rings. The third kappa shape index (κ3) is 2.63. The zero-order valence-electron chi connectivity index (χ0n) is 7.56. The molecule has 0 saturated carbocycles. The highest BCUT2D eigenvalue weighted by atomic mass is 79.9. The van der Waals surface area contributed by atoms with Crippen LogP contribution in [0.5, 0.6) is 0 Å². The van der Waals surface area contributed by atoms with Gasteiger partial charge in [-0.15, -0.1) is 0 Å². The van der Waals surface area contributed by atoms with Crippen LogP contribution in [-0.4, -0.2) is 23.7 Å². The van der Waals surface area contributed by atoms with Crippen LogP contribution in [-0.2, 0) is 11.2 Å². The lowest BCUT2D eigenvalue weighted by molar-refractivity contribution is 0.200. The predicted octanol–water partition coefficient (Wildman–Crippen LogP) is 1.03. The SMILES string of the molecule is COCCc1nc(C)c(Br)c(=O)[nH]1. The molecule has 1 rings (SSSR count). The average Bonchev–Trinajstić information content (AvgIpc) is 2.10. The number of aromatic nitrogens is 2. The zero-order valence-corrected chi connectivity index (χ0v) is 9.14. The summed E-state index contributed by atoms with van der Waals surface area (Å²) in [6.45, 7) is 2.35. The number of hydrogen-bond donors (Lipinski definition) is 1. The largest absolute Gasteiger partial charge is 0.384 e.